The molecule has 0 spiro atoms. The van der Waals surface area contributed by atoms with E-state index in [2.05, 4.69) is 36.2 Å². The molecule has 2 rings (SSSR count). The van der Waals surface area contributed by atoms with Crippen molar-refractivity contribution < 1.29 is 4.79 Å². The Morgan fingerprint density at radius 3 is 2.68 bits per heavy atom. The average molecular weight is 343 g/mol. The Kier molecular flexibility index (Phi) is 3.96. The maximum Gasteiger partial charge on any atom is 0.253 e. The maximum absolute atomic E-state index is 12.1. The van der Waals surface area contributed by atoms with E-state index in [1.54, 1.807) is 6.20 Å². The number of carbonyl (C=O) groups is 1. The molecule has 0 aliphatic carbocycles. The van der Waals surface area contributed by atoms with Crippen LogP contribution in [0.4, 0.5) is 0 Å². The summed E-state index contributed by atoms with van der Waals surface area (Å²) in [6.07, 6.45) is 3.58. The van der Waals surface area contributed by atoms with Crippen molar-refractivity contribution in [3.8, 4) is 0 Å². The summed E-state index contributed by atoms with van der Waals surface area (Å²) in [6, 6.07) is 0. The predicted octanol–water partition coefficient (Wildman–Crippen LogP) is 2.25. The van der Waals surface area contributed by atoms with Crippen molar-refractivity contribution in [3.05, 3.63) is 16.4 Å². The summed E-state index contributed by atoms with van der Waals surface area (Å²) < 4.78 is 0.720. The molecule has 1 aliphatic heterocycles. The molecule has 102 valence electrons. The second kappa shape index (κ2) is 5.20. The van der Waals surface area contributed by atoms with Crippen molar-refractivity contribution in [2.24, 2.45) is 10.9 Å². The van der Waals surface area contributed by atoms with E-state index in [0.29, 0.717) is 16.7 Å². The molecule has 1 unspecified atom stereocenters. The van der Waals surface area contributed by atoms with Crippen LogP contribution in [0, 0.1) is 5.92 Å². The normalized spacial score (nSPS) is 22.6. The molecule has 0 radical (unpaired) electrons. The van der Waals surface area contributed by atoms with Crippen molar-refractivity contribution in [1.82, 2.24) is 15.3 Å². The fourth-order valence-corrected chi connectivity index (χ4v) is 2.38. The first-order valence-corrected chi connectivity index (χ1v) is 7.88. The zero-order valence-corrected chi connectivity index (χ0v) is 13.6. The van der Waals surface area contributed by atoms with Gasteiger partial charge in [-0.05, 0) is 35.0 Å². The zero-order valence-electron chi connectivity index (χ0n) is 11.2. The molecule has 2 heterocycles. The van der Waals surface area contributed by atoms with Crippen LogP contribution in [0.25, 0.3) is 0 Å². The number of nitrogens with one attached hydrogen (secondary N) is 1. The molecule has 1 aromatic heterocycles. The van der Waals surface area contributed by atoms with Crippen molar-refractivity contribution in [2.45, 2.75) is 31.5 Å². The Bertz CT molecular complexity index is 561. The lowest BCUT2D eigenvalue weighted by Gasteiger charge is -2.21. The van der Waals surface area contributed by atoms with E-state index < -0.39 is 5.54 Å². The minimum Gasteiger partial charge on any atom is -0.307 e. The molecule has 0 aromatic carbocycles. The molecule has 1 aromatic rings. The first-order valence-electron chi connectivity index (χ1n) is 5.86. The van der Waals surface area contributed by atoms with E-state index in [-0.39, 0.29) is 11.8 Å². The number of aliphatic imine (C=N–C) groups is 1. The number of carbonyl (C=O) groups excluding carboxylic acids is 1. The van der Waals surface area contributed by atoms with Crippen LogP contribution < -0.4 is 5.32 Å². The number of hydrogen-bond acceptors (Lipinski definition) is 5. The summed E-state index contributed by atoms with van der Waals surface area (Å²) in [5, 5.41) is 3.46. The fraction of sp³-hybridized carbons (Fsp3) is 0.500. The first kappa shape index (κ1) is 14.5. The number of hydrogen-bond donors (Lipinski definition) is 1. The number of halogens is 1. The van der Waals surface area contributed by atoms with Gasteiger partial charge in [-0.2, -0.15) is 0 Å². The van der Waals surface area contributed by atoms with Crippen molar-refractivity contribution >= 4 is 39.4 Å². The van der Waals surface area contributed by atoms with Gasteiger partial charge in [-0.3, -0.25) is 4.79 Å². The molecule has 0 saturated heterocycles. The van der Waals surface area contributed by atoms with Crippen LogP contribution in [-0.2, 0) is 4.79 Å². The van der Waals surface area contributed by atoms with Gasteiger partial charge in [-0.1, -0.05) is 25.6 Å². The summed E-state index contributed by atoms with van der Waals surface area (Å²) in [4.78, 5) is 25.2. The summed E-state index contributed by atoms with van der Waals surface area (Å²) in [7, 11) is 0. The highest BCUT2D eigenvalue weighted by atomic mass is 79.9. The minimum atomic E-state index is -0.737. The topological polar surface area (TPSA) is 67.2 Å². The van der Waals surface area contributed by atoms with Gasteiger partial charge in [0.2, 0.25) is 0 Å². The van der Waals surface area contributed by atoms with Crippen molar-refractivity contribution in [1.29, 1.82) is 0 Å². The third-order valence-electron chi connectivity index (χ3n) is 3.29. The van der Waals surface area contributed by atoms with E-state index in [1.807, 2.05) is 27.0 Å². The highest BCUT2D eigenvalue weighted by Gasteiger charge is 2.42. The third-order valence-corrected chi connectivity index (χ3v) is 4.43. The smallest absolute Gasteiger partial charge is 0.253 e. The fourth-order valence-electron chi connectivity index (χ4n) is 1.66. The van der Waals surface area contributed by atoms with Gasteiger partial charge >= 0.3 is 0 Å². The summed E-state index contributed by atoms with van der Waals surface area (Å²) in [6.45, 7) is 5.80. The lowest BCUT2D eigenvalue weighted by molar-refractivity contribution is -0.124. The Labute approximate surface area is 124 Å². The molecule has 1 atom stereocenters. The van der Waals surface area contributed by atoms with Crippen LogP contribution in [0.1, 0.15) is 26.5 Å². The second-order valence-electron chi connectivity index (χ2n) is 4.77. The number of aromatic nitrogens is 2. The zero-order chi connectivity index (χ0) is 14.2. The van der Waals surface area contributed by atoms with Gasteiger partial charge in [-0.15, -0.1) is 0 Å². The molecular formula is C12H15BrN4OS. The molecule has 7 heteroatoms. The molecular weight excluding hydrogens is 328 g/mol. The quantitative estimate of drug-likeness (QED) is 0.675. The summed E-state index contributed by atoms with van der Waals surface area (Å²) >= 11 is 4.84. The van der Waals surface area contributed by atoms with E-state index in [9.17, 15) is 4.79 Å². The van der Waals surface area contributed by atoms with Crippen LogP contribution in [0.3, 0.4) is 0 Å². The molecule has 1 N–H and O–H groups in total. The summed E-state index contributed by atoms with van der Waals surface area (Å²) in [5.74, 6) is 0.533. The first-order chi connectivity index (χ1) is 8.88. The Morgan fingerprint density at radius 2 is 2.16 bits per heavy atom. The molecule has 0 bridgehead atoms. The predicted molar refractivity (Wildman–Crippen MR) is 79.4 cm³/mol. The van der Waals surface area contributed by atoms with Crippen LogP contribution in [0.5, 0.6) is 0 Å². The molecule has 5 nitrogen and oxygen atoms in total. The van der Waals surface area contributed by atoms with Gasteiger partial charge in [-0.25, -0.2) is 15.0 Å². The number of amides is 1. The highest BCUT2D eigenvalue weighted by Crippen LogP contribution is 2.28. The van der Waals surface area contributed by atoms with Gasteiger partial charge < -0.3 is 5.32 Å². The Morgan fingerprint density at radius 1 is 1.47 bits per heavy atom. The molecule has 1 amide bonds. The van der Waals surface area contributed by atoms with Gasteiger partial charge in [0.05, 0.1) is 4.47 Å². The van der Waals surface area contributed by atoms with Gasteiger partial charge in [0, 0.05) is 6.20 Å². The van der Waals surface area contributed by atoms with Crippen molar-refractivity contribution in [3.63, 3.8) is 0 Å². The average Bonchev–Trinajstić information content (AvgIpc) is 2.67. The van der Waals surface area contributed by atoms with E-state index in [0.717, 1.165) is 4.47 Å². The van der Waals surface area contributed by atoms with Crippen LogP contribution >= 0.6 is 27.7 Å². The third kappa shape index (κ3) is 2.53. The molecule has 19 heavy (non-hydrogen) atoms. The minimum absolute atomic E-state index is 0.0892. The second-order valence-corrected chi connectivity index (χ2v) is 6.40. The molecule has 1 aliphatic rings. The maximum atomic E-state index is 12.1. The molecule has 0 saturated carbocycles. The SMILES string of the molecule is CSc1ncc(Br)c(C2=NC(C)(C(C)C)C(=O)N2)n1. The highest BCUT2D eigenvalue weighted by molar-refractivity contribution is 9.10. The van der Waals surface area contributed by atoms with E-state index in [4.69, 9.17) is 0 Å². The lowest BCUT2D eigenvalue weighted by atomic mass is 9.89. The van der Waals surface area contributed by atoms with Gasteiger partial charge in [0.1, 0.15) is 11.2 Å². The van der Waals surface area contributed by atoms with Gasteiger partial charge in [0.25, 0.3) is 5.91 Å². The van der Waals surface area contributed by atoms with Crippen LogP contribution in [-0.4, -0.2) is 33.5 Å². The largest absolute Gasteiger partial charge is 0.307 e. The number of thioether (sulfide) groups is 1. The number of amidine groups is 1. The number of rotatable bonds is 3. The van der Waals surface area contributed by atoms with Crippen LogP contribution in [0.15, 0.2) is 20.8 Å². The number of nitrogens with zero attached hydrogens (tertiary/aromatic N) is 3. The van der Waals surface area contributed by atoms with Crippen LogP contribution in [0.2, 0.25) is 0 Å². The Hall–Kier alpha value is -0.950. The summed E-state index contributed by atoms with van der Waals surface area (Å²) in [5.41, 5.74) is -0.115. The van der Waals surface area contributed by atoms with Crippen molar-refractivity contribution in [2.75, 3.05) is 6.26 Å². The monoisotopic (exact) mass is 342 g/mol. The van der Waals surface area contributed by atoms with E-state index in [1.165, 1.54) is 11.8 Å². The lowest BCUT2D eigenvalue weighted by Crippen LogP contribution is -2.41. The Balaban J connectivity index is 2.47. The van der Waals surface area contributed by atoms with E-state index >= 15 is 0 Å². The standard InChI is InChI=1S/C12H15BrN4OS/c1-6(2)12(3)10(18)16-9(17-12)8-7(13)5-14-11(15-8)19-4/h5-6H,1-4H3,(H,16,17,18). The van der Waals surface area contributed by atoms with Gasteiger partial charge in [0.15, 0.2) is 11.0 Å². The molecule has 0 fully saturated rings.